The van der Waals surface area contributed by atoms with Gasteiger partial charge in [0.2, 0.25) is 5.95 Å². The minimum Gasteiger partial charge on any atom is -0.309 e. The van der Waals surface area contributed by atoms with Crippen LogP contribution < -0.4 is 10.9 Å². The zero-order valence-corrected chi connectivity index (χ0v) is 21.5. The van der Waals surface area contributed by atoms with Gasteiger partial charge in [0.05, 0.1) is 27.8 Å². The first kappa shape index (κ1) is 25.1. The van der Waals surface area contributed by atoms with E-state index < -0.39 is 12.5 Å². The molecule has 4 aromatic heterocycles. The molecule has 0 unspecified atom stereocenters. The van der Waals surface area contributed by atoms with Gasteiger partial charge in [-0.1, -0.05) is 12.6 Å². The first-order chi connectivity index (χ1) is 17.8. The molecule has 0 radical (unpaired) electrons. The van der Waals surface area contributed by atoms with Crippen LogP contribution >= 0.6 is 11.3 Å². The second-order valence-electron chi connectivity index (χ2n) is 9.24. The number of nitrogens with zero attached hydrogens (tertiary/aromatic N) is 6. The van der Waals surface area contributed by atoms with Crippen molar-refractivity contribution in [2.45, 2.75) is 25.2 Å². The van der Waals surface area contributed by atoms with Gasteiger partial charge in [-0.25, -0.2) is 24.0 Å². The van der Waals surface area contributed by atoms with E-state index in [-0.39, 0.29) is 23.6 Å². The van der Waals surface area contributed by atoms with Crippen molar-refractivity contribution in [2.24, 2.45) is 7.05 Å². The second kappa shape index (κ2) is 10.4. The summed E-state index contributed by atoms with van der Waals surface area (Å²) < 4.78 is 29.5. The maximum atomic E-state index is 14.8. The minimum absolute atomic E-state index is 0.0470. The van der Waals surface area contributed by atoms with Crippen LogP contribution in [0.25, 0.3) is 26.2 Å². The molecule has 0 spiro atoms. The van der Waals surface area contributed by atoms with Gasteiger partial charge >= 0.3 is 0 Å². The average molecular weight is 524 g/mol. The number of allylic oxidation sites excluding steroid dienone is 1. The van der Waals surface area contributed by atoms with Gasteiger partial charge in [0.25, 0.3) is 5.56 Å². The van der Waals surface area contributed by atoms with E-state index in [1.54, 1.807) is 6.07 Å². The van der Waals surface area contributed by atoms with E-state index in [1.807, 2.05) is 12.3 Å². The molecule has 0 aromatic carbocycles. The summed E-state index contributed by atoms with van der Waals surface area (Å²) in [5.74, 6) is 0.596. The van der Waals surface area contributed by atoms with Crippen molar-refractivity contribution in [3.63, 3.8) is 0 Å². The van der Waals surface area contributed by atoms with Gasteiger partial charge in [0.15, 0.2) is 5.82 Å². The number of likely N-dealkylation sites (tertiary alicyclic amines) is 1. The fourth-order valence-corrected chi connectivity index (χ4v) is 5.67. The number of halogens is 2. The smallest absolute Gasteiger partial charge is 0.275 e. The highest BCUT2D eigenvalue weighted by Crippen LogP contribution is 2.36. The summed E-state index contributed by atoms with van der Waals surface area (Å²) in [6, 6.07) is 5.51. The lowest BCUT2D eigenvalue weighted by molar-refractivity contribution is 0.255. The highest BCUT2D eigenvalue weighted by molar-refractivity contribution is 7.22. The molecule has 5 rings (SSSR count). The first-order valence-corrected chi connectivity index (χ1v) is 12.8. The van der Waals surface area contributed by atoms with E-state index in [2.05, 4.69) is 50.0 Å². The van der Waals surface area contributed by atoms with Gasteiger partial charge < -0.3 is 10.2 Å². The number of pyridine rings is 1. The number of rotatable bonds is 7. The number of alkyl halides is 1. The number of piperidine rings is 1. The Balaban J connectivity index is 1.43. The molecule has 0 amide bonds. The summed E-state index contributed by atoms with van der Waals surface area (Å²) in [6.45, 7) is 5.46. The van der Waals surface area contributed by atoms with Crippen LogP contribution in [0.1, 0.15) is 36.4 Å². The molecule has 5 heterocycles. The minimum atomic E-state index is -0.628. The Morgan fingerprint density at radius 2 is 2.00 bits per heavy atom. The number of aromatic nitrogens is 5. The van der Waals surface area contributed by atoms with Crippen LogP contribution in [0.2, 0.25) is 0 Å². The van der Waals surface area contributed by atoms with Crippen LogP contribution in [0.4, 0.5) is 20.5 Å². The molecule has 0 aliphatic carbocycles. The number of hydrogen-bond acceptors (Lipinski definition) is 8. The van der Waals surface area contributed by atoms with Crippen LogP contribution in [0, 0.1) is 5.82 Å². The average Bonchev–Trinajstić information content (AvgIpc) is 3.34. The Bertz CT molecular complexity index is 1510. The van der Waals surface area contributed by atoms with E-state index in [4.69, 9.17) is 0 Å². The number of hydrogen-bond donors (Lipinski definition) is 1. The Labute approximate surface area is 216 Å². The number of aryl methyl sites for hydroxylation is 1. The molecule has 37 heavy (non-hydrogen) atoms. The normalized spacial score (nSPS) is 14.8. The van der Waals surface area contributed by atoms with E-state index in [0.29, 0.717) is 38.0 Å². The lowest BCUT2D eigenvalue weighted by atomic mass is 9.91. The Hall–Kier alpha value is -3.57. The van der Waals surface area contributed by atoms with Gasteiger partial charge in [0.1, 0.15) is 17.2 Å². The molecule has 1 fully saturated rings. The van der Waals surface area contributed by atoms with Crippen LogP contribution in [0.5, 0.6) is 0 Å². The Morgan fingerprint density at radius 3 is 2.70 bits per heavy atom. The molecular formula is C26H27F2N7OS. The number of fused-ring (bicyclic) bond motifs is 1. The SMILES string of the molecule is C=C(CCF)c1nn(C)c(=O)c2cc(-c3nc(Nc4ccc(C5CCN(C)CC5)cn4)ncc3F)sc12. The third-order valence-corrected chi connectivity index (χ3v) is 7.79. The highest BCUT2D eigenvalue weighted by atomic mass is 32.1. The fraction of sp³-hybridized carbons (Fsp3) is 0.346. The highest BCUT2D eigenvalue weighted by Gasteiger charge is 2.20. The van der Waals surface area contributed by atoms with Crippen molar-refractivity contribution >= 4 is 38.8 Å². The van der Waals surface area contributed by atoms with Gasteiger partial charge in [-0.15, -0.1) is 11.3 Å². The first-order valence-electron chi connectivity index (χ1n) is 12.0. The van der Waals surface area contributed by atoms with Crippen LogP contribution in [-0.2, 0) is 7.05 Å². The molecule has 0 atom stereocenters. The van der Waals surface area contributed by atoms with Crippen LogP contribution in [0.15, 0.2) is 42.0 Å². The largest absolute Gasteiger partial charge is 0.309 e. The third-order valence-electron chi connectivity index (χ3n) is 6.65. The zero-order chi connectivity index (χ0) is 26.1. The lowest BCUT2D eigenvalue weighted by Crippen LogP contribution is -2.29. The molecule has 192 valence electrons. The standard InChI is InChI=1S/C26H27F2N7OS/c1-15(6-9-27)22-24-18(25(36)35(3)33-22)12-20(37-24)23-19(28)14-30-26(32-23)31-21-5-4-17(13-29-21)16-7-10-34(2)11-8-16/h4-5,12-14,16H,1,6-11H2,2-3H3,(H,29,30,31,32). The predicted octanol–water partition coefficient (Wildman–Crippen LogP) is 4.91. The molecule has 0 bridgehead atoms. The number of thiophene rings is 1. The van der Waals surface area contributed by atoms with Crippen molar-refractivity contribution in [1.82, 2.24) is 29.6 Å². The molecule has 1 aliphatic rings. The predicted molar refractivity (Wildman–Crippen MR) is 142 cm³/mol. The van der Waals surface area contributed by atoms with E-state index in [9.17, 15) is 13.6 Å². The maximum Gasteiger partial charge on any atom is 0.275 e. The summed E-state index contributed by atoms with van der Waals surface area (Å²) in [5, 5.41) is 7.66. The van der Waals surface area contributed by atoms with Crippen LogP contribution in [0.3, 0.4) is 0 Å². The number of anilines is 2. The topological polar surface area (TPSA) is 88.8 Å². The van der Waals surface area contributed by atoms with Crippen LogP contribution in [-0.4, -0.2) is 56.4 Å². The van der Waals surface area contributed by atoms with E-state index >= 15 is 0 Å². The molecule has 8 nitrogen and oxygen atoms in total. The molecule has 1 N–H and O–H groups in total. The maximum absolute atomic E-state index is 14.8. The summed E-state index contributed by atoms with van der Waals surface area (Å²) in [5.41, 5.74) is 1.80. The van der Waals surface area contributed by atoms with Crippen molar-refractivity contribution < 1.29 is 8.78 Å². The number of nitrogens with one attached hydrogen (secondary N) is 1. The lowest BCUT2D eigenvalue weighted by Gasteiger charge is -2.29. The molecule has 1 aliphatic heterocycles. The second-order valence-corrected chi connectivity index (χ2v) is 10.3. The van der Waals surface area contributed by atoms with Gasteiger partial charge in [-0.3, -0.25) is 9.18 Å². The summed E-state index contributed by atoms with van der Waals surface area (Å²) in [7, 11) is 3.65. The Morgan fingerprint density at radius 1 is 1.22 bits per heavy atom. The monoisotopic (exact) mass is 523 g/mol. The van der Waals surface area contributed by atoms with Crippen molar-refractivity contribution in [2.75, 3.05) is 32.1 Å². The van der Waals surface area contributed by atoms with E-state index in [1.165, 1.54) is 17.3 Å². The molecule has 4 aromatic rings. The molecule has 11 heteroatoms. The third kappa shape index (κ3) is 5.14. The molecule has 1 saturated heterocycles. The summed E-state index contributed by atoms with van der Waals surface area (Å²) in [6.07, 6.45) is 5.25. The van der Waals surface area contributed by atoms with Gasteiger partial charge in [-0.05, 0) is 62.2 Å². The van der Waals surface area contributed by atoms with Crippen molar-refractivity contribution in [3.8, 4) is 10.6 Å². The zero-order valence-electron chi connectivity index (χ0n) is 20.7. The summed E-state index contributed by atoms with van der Waals surface area (Å²) >= 11 is 1.16. The fourth-order valence-electron chi connectivity index (χ4n) is 4.50. The van der Waals surface area contributed by atoms with Gasteiger partial charge in [0, 0.05) is 19.7 Å². The Kier molecular flexibility index (Phi) is 7.07. The van der Waals surface area contributed by atoms with Crippen molar-refractivity contribution in [1.29, 1.82) is 0 Å². The molecule has 0 saturated carbocycles. The van der Waals surface area contributed by atoms with Crippen molar-refractivity contribution in [3.05, 3.63) is 64.6 Å². The van der Waals surface area contributed by atoms with E-state index in [0.717, 1.165) is 43.5 Å². The quantitative estimate of drug-likeness (QED) is 0.368. The molecular weight excluding hydrogens is 496 g/mol. The summed E-state index contributed by atoms with van der Waals surface area (Å²) in [4.78, 5) is 28.4. The van der Waals surface area contributed by atoms with Gasteiger partial charge in [-0.2, -0.15) is 5.10 Å².